The molecule has 0 aromatic rings. The molecule has 0 aliphatic rings. The van der Waals surface area contributed by atoms with Crippen LogP contribution in [0, 0.1) is 5.92 Å². The zero-order valence-electron chi connectivity index (χ0n) is 8.84. The Morgan fingerprint density at radius 3 is 1.41 bits per heavy atom. The third-order valence-corrected chi connectivity index (χ3v) is 2.55. The van der Waals surface area contributed by atoms with Gasteiger partial charge >= 0.3 is 26.8 Å². The van der Waals surface area contributed by atoms with Gasteiger partial charge in [0.05, 0.1) is 0 Å². The minimum Gasteiger partial charge on any atom is -0.480 e. The van der Waals surface area contributed by atoms with Gasteiger partial charge < -0.3 is 10.8 Å². The first-order chi connectivity index (χ1) is 7.26. The molecule has 0 rings (SSSR count). The quantitative estimate of drug-likeness (QED) is 0.453. The maximum Gasteiger partial charge on any atom is 0.413 e. The summed E-state index contributed by atoms with van der Waals surface area (Å²) in [5.41, 5.74) is 5.16. The van der Waals surface area contributed by atoms with Crippen molar-refractivity contribution in [2.24, 2.45) is 11.7 Å². The second-order valence-corrected chi connectivity index (χ2v) is 5.29. The van der Waals surface area contributed by atoms with Crippen molar-refractivity contribution in [1.82, 2.24) is 0 Å². The number of carboxylic acids is 1. The summed E-state index contributed by atoms with van der Waals surface area (Å²) < 4.78 is 55.6. The number of hydrogen-bond donors (Lipinski definition) is 4. The van der Waals surface area contributed by atoms with Gasteiger partial charge in [-0.3, -0.25) is 13.9 Å². The Hall–Kier alpha value is -0.790. The zero-order chi connectivity index (χ0) is 14.4. The first kappa shape index (κ1) is 18.6. The molecule has 0 saturated carbocycles. The van der Waals surface area contributed by atoms with Crippen LogP contribution in [0.15, 0.2) is 0 Å². The topological polar surface area (TPSA) is 181 Å². The Balaban J connectivity index is 0. The van der Waals surface area contributed by atoms with Crippen molar-refractivity contribution >= 4 is 26.8 Å². The highest BCUT2D eigenvalue weighted by Gasteiger charge is 2.16. The molecule has 0 amide bonds. The first-order valence-electron chi connectivity index (χ1n) is 3.90. The second-order valence-electron chi connectivity index (χ2n) is 3.03. The average Bonchev–Trinajstić information content (AvgIpc) is 1.96. The van der Waals surface area contributed by atoms with Crippen LogP contribution in [0.4, 0.5) is 0 Å². The van der Waals surface area contributed by atoms with E-state index in [2.05, 4.69) is 3.63 Å². The highest BCUT2D eigenvalue weighted by Crippen LogP contribution is 1.96. The van der Waals surface area contributed by atoms with Gasteiger partial charge in [-0.2, -0.15) is 16.8 Å². The van der Waals surface area contributed by atoms with E-state index in [4.69, 9.17) is 19.9 Å². The SMILES string of the molecule is CC(C)C(N)C(=O)O.O=S(=O)(O)OS(=O)(=O)O. The summed E-state index contributed by atoms with van der Waals surface area (Å²) in [5.74, 6) is -0.910. The molecule has 1 atom stereocenters. The molecule has 0 saturated heterocycles. The maximum atomic E-state index is 10.0. The van der Waals surface area contributed by atoms with E-state index in [0.717, 1.165) is 0 Å². The largest absolute Gasteiger partial charge is 0.480 e. The summed E-state index contributed by atoms with van der Waals surface area (Å²) in [6, 6.07) is -0.713. The van der Waals surface area contributed by atoms with Crippen LogP contribution >= 0.6 is 0 Å². The van der Waals surface area contributed by atoms with Gasteiger partial charge in [-0.25, -0.2) is 0 Å². The first-order valence-corrected chi connectivity index (χ1v) is 6.63. The minimum absolute atomic E-state index is 0.0208. The predicted molar refractivity (Wildman–Crippen MR) is 54.6 cm³/mol. The number of rotatable bonds is 4. The van der Waals surface area contributed by atoms with E-state index in [0.29, 0.717) is 0 Å². The molecule has 0 aliphatic heterocycles. The van der Waals surface area contributed by atoms with Gasteiger partial charge in [0, 0.05) is 0 Å². The van der Waals surface area contributed by atoms with Crippen molar-refractivity contribution in [2.75, 3.05) is 0 Å². The third kappa shape index (κ3) is 15.2. The lowest BCUT2D eigenvalue weighted by Gasteiger charge is -2.07. The Morgan fingerprint density at radius 1 is 1.12 bits per heavy atom. The summed E-state index contributed by atoms with van der Waals surface area (Å²) in [6.45, 7) is 3.55. The lowest BCUT2D eigenvalue weighted by Crippen LogP contribution is -2.34. The predicted octanol–water partition coefficient (Wildman–Crippen LogP) is -1.34. The summed E-state index contributed by atoms with van der Waals surface area (Å²) in [5, 5.41) is 8.23. The van der Waals surface area contributed by atoms with Crippen molar-refractivity contribution in [2.45, 2.75) is 19.9 Å². The van der Waals surface area contributed by atoms with Crippen molar-refractivity contribution in [1.29, 1.82) is 0 Å². The standard InChI is InChI=1S/C5H11NO2.H2O7S2/c1-3(2)4(6)5(7)8;1-8(2,3)7-9(4,5)6/h3-4H,6H2,1-2H3,(H,7,8);(H,1,2,3)(H,4,5,6). The lowest BCUT2D eigenvalue weighted by atomic mass is 10.1. The Kier molecular flexibility index (Phi) is 7.46. The molecule has 0 bridgehead atoms. The molecule has 17 heavy (non-hydrogen) atoms. The molecule has 0 heterocycles. The van der Waals surface area contributed by atoms with Gasteiger partial charge in [-0.15, -0.1) is 3.63 Å². The van der Waals surface area contributed by atoms with E-state index in [1.165, 1.54) is 0 Å². The summed E-state index contributed by atoms with van der Waals surface area (Å²) in [6.07, 6.45) is 0. The van der Waals surface area contributed by atoms with Crippen molar-refractivity contribution in [3.8, 4) is 0 Å². The van der Waals surface area contributed by atoms with Crippen molar-refractivity contribution < 1.29 is 39.5 Å². The van der Waals surface area contributed by atoms with Crippen LogP contribution in [0.5, 0.6) is 0 Å². The van der Waals surface area contributed by atoms with E-state index in [9.17, 15) is 21.6 Å². The molecule has 0 fully saturated rings. The third-order valence-electron chi connectivity index (χ3n) is 1.18. The monoisotopic (exact) mass is 295 g/mol. The molecule has 0 spiro atoms. The van der Waals surface area contributed by atoms with E-state index in [-0.39, 0.29) is 5.92 Å². The fourth-order valence-electron chi connectivity index (χ4n) is 0.394. The second kappa shape index (κ2) is 6.83. The van der Waals surface area contributed by atoms with Gasteiger partial charge in [0.15, 0.2) is 0 Å². The summed E-state index contributed by atoms with van der Waals surface area (Å²) in [7, 11) is -10.2. The van der Waals surface area contributed by atoms with Crippen LogP contribution in [0.1, 0.15) is 13.8 Å². The number of nitrogens with two attached hydrogens (primary N) is 1. The molecular formula is C5H13NO9S2. The minimum atomic E-state index is -5.12. The maximum absolute atomic E-state index is 10.0. The van der Waals surface area contributed by atoms with E-state index < -0.39 is 32.8 Å². The average molecular weight is 295 g/mol. The van der Waals surface area contributed by atoms with E-state index >= 15 is 0 Å². The highest BCUT2D eigenvalue weighted by molar-refractivity contribution is 7.94. The number of carboxylic acid groups (broad SMARTS) is 1. The summed E-state index contributed by atoms with van der Waals surface area (Å²) >= 11 is 0. The highest BCUT2D eigenvalue weighted by atomic mass is 32.3. The molecule has 0 aromatic carbocycles. The van der Waals surface area contributed by atoms with Crippen LogP contribution in [0.3, 0.4) is 0 Å². The van der Waals surface area contributed by atoms with Crippen molar-refractivity contribution in [3.05, 3.63) is 0 Å². The van der Waals surface area contributed by atoms with Crippen LogP contribution in [-0.2, 0) is 29.2 Å². The van der Waals surface area contributed by atoms with Crippen LogP contribution in [0.25, 0.3) is 0 Å². The molecule has 0 aliphatic carbocycles. The van der Waals surface area contributed by atoms with Crippen LogP contribution in [-0.4, -0.2) is 43.1 Å². The summed E-state index contributed by atoms with van der Waals surface area (Å²) in [4.78, 5) is 10.0. The number of hydrogen-bond acceptors (Lipinski definition) is 7. The molecule has 5 N–H and O–H groups in total. The Bertz CT molecular complexity index is 406. The Morgan fingerprint density at radius 2 is 1.41 bits per heavy atom. The smallest absolute Gasteiger partial charge is 0.413 e. The van der Waals surface area contributed by atoms with E-state index in [1.54, 1.807) is 13.8 Å². The van der Waals surface area contributed by atoms with Gasteiger partial charge in [0.1, 0.15) is 6.04 Å². The number of aliphatic carboxylic acids is 1. The molecule has 1 unspecified atom stereocenters. The van der Waals surface area contributed by atoms with Crippen LogP contribution in [0.2, 0.25) is 0 Å². The normalized spacial score (nSPS) is 13.8. The fourth-order valence-corrected chi connectivity index (χ4v) is 1.26. The van der Waals surface area contributed by atoms with E-state index in [1.807, 2.05) is 0 Å². The molecule has 0 radical (unpaired) electrons. The molecule has 10 nitrogen and oxygen atoms in total. The molecular weight excluding hydrogens is 282 g/mol. The van der Waals surface area contributed by atoms with Gasteiger partial charge in [0.25, 0.3) is 0 Å². The fraction of sp³-hybridized carbons (Fsp3) is 0.800. The van der Waals surface area contributed by atoms with Crippen LogP contribution < -0.4 is 5.73 Å². The number of carbonyl (C=O) groups is 1. The van der Waals surface area contributed by atoms with Crippen molar-refractivity contribution in [3.63, 3.8) is 0 Å². The molecule has 104 valence electrons. The molecule has 12 heteroatoms. The van der Waals surface area contributed by atoms with Gasteiger partial charge in [0.2, 0.25) is 0 Å². The lowest BCUT2D eigenvalue weighted by molar-refractivity contribution is -0.139. The molecule has 0 aromatic heterocycles. The zero-order valence-corrected chi connectivity index (χ0v) is 10.5. The van der Waals surface area contributed by atoms with Gasteiger partial charge in [-0.05, 0) is 5.92 Å². The Labute approximate surface area is 98.3 Å². The van der Waals surface area contributed by atoms with Gasteiger partial charge in [-0.1, -0.05) is 13.8 Å².